The summed E-state index contributed by atoms with van der Waals surface area (Å²) in [5, 5.41) is -1.22. The van der Waals surface area contributed by atoms with Crippen molar-refractivity contribution in [3.8, 4) is 0 Å². The van der Waals surface area contributed by atoms with Crippen LogP contribution >= 0.6 is 15.9 Å². The zero-order chi connectivity index (χ0) is 48.2. The van der Waals surface area contributed by atoms with Gasteiger partial charge in [0, 0.05) is 69.2 Å². The molecular formula is C38H51BrO25. The molecule has 3 rings (SSSR count). The monoisotopic (exact) mass is 986 g/mol. The number of carbonyl (C=O) groups excluding carboxylic acids is 10. The molecule has 64 heavy (non-hydrogen) atoms. The van der Waals surface area contributed by atoms with E-state index in [1.165, 1.54) is 0 Å². The van der Waals surface area contributed by atoms with Crippen LogP contribution < -0.4 is 0 Å². The van der Waals surface area contributed by atoms with Crippen molar-refractivity contribution in [1.29, 1.82) is 0 Å². The summed E-state index contributed by atoms with van der Waals surface area (Å²) in [6.45, 7) is 8.12. The van der Waals surface area contributed by atoms with Crippen LogP contribution in [-0.4, -0.2) is 170 Å². The van der Waals surface area contributed by atoms with Gasteiger partial charge >= 0.3 is 59.7 Å². The molecule has 0 saturated carbocycles. The molecule has 0 aliphatic carbocycles. The highest BCUT2D eigenvalue weighted by molar-refractivity contribution is 9.09. The van der Waals surface area contributed by atoms with Crippen molar-refractivity contribution in [2.45, 2.75) is 160 Å². The van der Waals surface area contributed by atoms with Crippen LogP contribution in [0.1, 0.15) is 69.2 Å². The second-order valence-electron chi connectivity index (χ2n) is 14.2. The Morgan fingerprint density at radius 2 is 0.594 bits per heavy atom. The molecule has 0 unspecified atom stereocenters. The summed E-state index contributed by atoms with van der Waals surface area (Å²) < 4.78 is 85.5. The smallest absolute Gasteiger partial charge is 0.303 e. The average molecular weight is 988 g/mol. The van der Waals surface area contributed by atoms with Crippen molar-refractivity contribution >= 4 is 75.6 Å². The van der Waals surface area contributed by atoms with E-state index in [2.05, 4.69) is 15.9 Å². The first-order valence-corrected chi connectivity index (χ1v) is 20.3. The van der Waals surface area contributed by atoms with Crippen molar-refractivity contribution in [3.05, 3.63) is 0 Å². The molecule has 3 fully saturated rings. The summed E-state index contributed by atoms with van der Waals surface area (Å²) in [4.78, 5) is 124. The molecule has 0 aromatic rings. The van der Waals surface area contributed by atoms with Gasteiger partial charge in [-0.15, -0.1) is 0 Å². The highest BCUT2D eigenvalue weighted by Gasteiger charge is 2.60. The minimum atomic E-state index is -2.01. The zero-order valence-corrected chi connectivity index (χ0v) is 38.0. The van der Waals surface area contributed by atoms with Crippen molar-refractivity contribution in [1.82, 2.24) is 0 Å². The van der Waals surface area contributed by atoms with E-state index in [1.807, 2.05) is 0 Å². The average Bonchev–Trinajstić information content (AvgIpc) is 3.14. The lowest BCUT2D eigenvalue weighted by molar-refractivity contribution is -0.373. The zero-order valence-electron chi connectivity index (χ0n) is 36.4. The molecule has 0 spiro atoms. The molecule has 0 radical (unpaired) electrons. The van der Waals surface area contributed by atoms with E-state index in [4.69, 9.17) is 71.1 Å². The minimum absolute atomic E-state index is 0.588. The largest absolute Gasteiger partial charge is 0.463 e. The second-order valence-corrected chi connectivity index (χ2v) is 15.1. The predicted octanol–water partition coefficient (Wildman–Crippen LogP) is -0.462. The van der Waals surface area contributed by atoms with Crippen molar-refractivity contribution < 1.29 is 119 Å². The molecule has 3 aliphatic heterocycles. The number of hydrogen-bond acceptors (Lipinski definition) is 25. The van der Waals surface area contributed by atoms with E-state index in [0.29, 0.717) is 0 Å². The van der Waals surface area contributed by atoms with E-state index in [-0.39, 0.29) is 0 Å². The molecule has 0 N–H and O–H groups in total. The Morgan fingerprint density at radius 1 is 0.328 bits per heavy atom. The Balaban J connectivity index is 2.33. The molecule has 3 heterocycles. The fourth-order valence-electron chi connectivity index (χ4n) is 6.74. The van der Waals surface area contributed by atoms with Crippen LogP contribution in [0.4, 0.5) is 0 Å². The number of esters is 10. The molecule has 360 valence electrons. The van der Waals surface area contributed by atoms with Crippen molar-refractivity contribution in [3.63, 3.8) is 0 Å². The molecule has 3 aliphatic rings. The van der Waals surface area contributed by atoms with Crippen molar-refractivity contribution in [2.75, 3.05) is 19.8 Å². The Hall–Kier alpha value is -5.02. The third-order valence-electron chi connectivity index (χ3n) is 8.81. The number of alkyl halides is 1. The van der Waals surface area contributed by atoms with Gasteiger partial charge in [0.25, 0.3) is 0 Å². The molecule has 0 aromatic carbocycles. The molecule has 26 heteroatoms. The summed E-state index contributed by atoms with van der Waals surface area (Å²) in [5.41, 5.74) is 0. The fourth-order valence-corrected chi connectivity index (χ4v) is 7.43. The van der Waals surface area contributed by atoms with Gasteiger partial charge < -0.3 is 71.1 Å². The summed E-state index contributed by atoms with van der Waals surface area (Å²) in [7, 11) is 0. The Labute approximate surface area is 373 Å². The lowest BCUT2D eigenvalue weighted by Crippen LogP contribution is -2.68. The SMILES string of the molecule is CC(=O)OC[C@H]1O[C@@H](O[C@H]2[C@@H](OC(C)=O)[C@@H](COC(C)=O)O[C@@H](O[C@H]3[C@H](OC(C)=O)[C@@H](OC(C)=O)[C@@H](Br)O[C@@H]3COC(C)=O)[C@@H]2OC(C)=O)[C@H](OC(C)=O)[C@@H](OC(C)=O)[C@H]1OC(C)=O. The van der Waals surface area contributed by atoms with Crippen LogP contribution in [0.25, 0.3) is 0 Å². The number of ether oxygens (including phenoxy) is 15. The maximum Gasteiger partial charge on any atom is 0.303 e. The maximum absolute atomic E-state index is 13.0. The van der Waals surface area contributed by atoms with Gasteiger partial charge in [0.2, 0.25) is 0 Å². The van der Waals surface area contributed by atoms with E-state index >= 15 is 0 Å². The lowest BCUT2D eigenvalue weighted by atomic mass is 9.95. The normalized spacial score (nSPS) is 32.3. The molecule has 15 atom stereocenters. The van der Waals surface area contributed by atoms with Crippen LogP contribution in [0.15, 0.2) is 0 Å². The van der Waals surface area contributed by atoms with Crippen LogP contribution in [0.5, 0.6) is 0 Å². The minimum Gasteiger partial charge on any atom is -0.463 e. The van der Waals surface area contributed by atoms with Gasteiger partial charge in [-0.1, -0.05) is 15.9 Å². The van der Waals surface area contributed by atoms with Gasteiger partial charge in [-0.25, -0.2) is 0 Å². The number of halogens is 1. The van der Waals surface area contributed by atoms with Crippen LogP contribution in [0.3, 0.4) is 0 Å². The lowest BCUT2D eigenvalue weighted by Gasteiger charge is -2.50. The number of hydrogen-bond donors (Lipinski definition) is 0. The summed E-state index contributed by atoms with van der Waals surface area (Å²) in [6.07, 6.45) is -24.3. The summed E-state index contributed by atoms with van der Waals surface area (Å²) >= 11 is 3.24. The van der Waals surface area contributed by atoms with Crippen LogP contribution in [0, 0.1) is 0 Å². The molecule has 0 bridgehead atoms. The van der Waals surface area contributed by atoms with Gasteiger partial charge in [0.15, 0.2) is 60.3 Å². The second kappa shape index (κ2) is 24.3. The van der Waals surface area contributed by atoms with Gasteiger partial charge in [0.05, 0.1) is 0 Å². The third kappa shape index (κ3) is 15.9. The van der Waals surface area contributed by atoms with Gasteiger partial charge in [-0.05, 0) is 0 Å². The Morgan fingerprint density at radius 3 is 0.953 bits per heavy atom. The maximum atomic E-state index is 13.0. The highest BCUT2D eigenvalue weighted by atomic mass is 79.9. The van der Waals surface area contributed by atoms with Gasteiger partial charge in [-0.3, -0.25) is 47.9 Å². The summed E-state index contributed by atoms with van der Waals surface area (Å²) in [5.74, 6) is -9.23. The topological polar surface area (TPSA) is 309 Å². The molecule has 3 saturated heterocycles. The highest BCUT2D eigenvalue weighted by Crippen LogP contribution is 2.38. The fraction of sp³-hybridized carbons (Fsp3) is 0.737. The number of rotatable bonds is 17. The molecule has 0 amide bonds. The first-order chi connectivity index (χ1) is 29.9. The van der Waals surface area contributed by atoms with Gasteiger partial charge in [0.1, 0.15) is 50.3 Å². The van der Waals surface area contributed by atoms with E-state index in [0.717, 1.165) is 69.2 Å². The Bertz CT molecular complexity index is 1740. The van der Waals surface area contributed by atoms with Gasteiger partial charge in [-0.2, -0.15) is 0 Å². The quantitative estimate of drug-likeness (QED) is 0.101. The molecular weight excluding hydrogens is 936 g/mol. The standard InChI is InChI=1S/C38H51BrO25/c1-14(40)50-11-24-29(30(55-19(6)45)33(36(39)60-24)57-21(8)47)63-37-35(59-23(10)49)32(28(54-18(5)44)26(61-37)13-52-16(3)42)64-38-34(58-22(9)48)31(56-20(7)46)27(53-17(4)43)25(62-38)12-51-15(2)41/h24-38H,11-13H2,1-10H3/t24-,25-,26-,27+,28+,29-,30+,31+,32+,33-,34-,35-,36+,37+,38+/m1/s1. The Kier molecular flexibility index (Phi) is 20.3. The van der Waals surface area contributed by atoms with Crippen LogP contribution in [0.2, 0.25) is 0 Å². The predicted molar refractivity (Wildman–Crippen MR) is 203 cm³/mol. The van der Waals surface area contributed by atoms with E-state index < -0.39 is 170 Å². The number of carbonyl (C=O) groups is 10. The first-order valence-electron chi connectivity index (χ1n) is 19.4. The molecule has 25 nitrogen and oxygen atoms in total. The summed E-state index contributed by atoms with van der Waals surface area (Å²) in [6, 6.07) is 0. The molecule has 0 aromatic heterocycles. The van der Waals surface area contributed by atoms with Crippen molar-refractivity contribution in [2.24, 2.45) is 0 Å². The van der Waals surface area contributed by atoms with Crippen LogP contribution in [-0.2, 0) is 119 Å². The third-order valence-corrected chi connectivity index (χ3v) is 9.55. The first kappa shape index (κ1) is 53.3. The van der Waals surface area contributed by atoms with E-state index in [1.54, 1.807) is 0 Å². The van der Waals surface area contributed by atoms with E-state index in [9.17, 15) is 47.9 Å².